The van der Waals surface area contributed by atoms with Gasteiger partial charge in [-0.3, -0.25) is 4.79 Å². The van der Waals surface area contributed by atoms with Crippen LogP contribution in [0.3, 0.4) is 0 Å². The van der Waals surface area contributed by atoms with Crippen LogP contribution in [0.5, 0.6) is 11.5 Å². The molecule has 1 heterocycles. The summed E-state index contributed by atoms with van der Waals surface area (Å²) >= 11 is 0. The molecule has 5 heteroatoms. The van der Waals surface area contributed by atoms with Crippen LogP contribution < -0.4 is 10.5 Å². The molecule has 0 unspecified atom stereocenters. The highest BCUT2D eigenvalue weighted by Gasteiger charge is 2.20. The Balaban J connectivity index is 1.85. The lowest BCUT2D eigenvalue weighted by atomic mass is 10.0. The van der Waals surface area contributed by atoms with Gasteiger partial charge < -0.3 is 20.5 Å². The highest BCUT2D eigenvalue weighted by molar-refractivity contribution is 5.76. The van der Waals surface area contributed by atoms with Crippen LogP contribution in [0, 0.1) is 0 Å². The molecule has 20 heavy (non-hydrogen) atoms. The number of benzene rings is 1. The monoisotopic (exact) mass is 278 g/mol. The molecular weight excluding hydrogens is 256 g/mol. The van der Waals surface area contributed by atoms with Crippen molar-refractivity contribution < 1.29 is 14.6 Å². The first kappa shape index (κ1) is 14.7. The highest BCUT2D eigenvalue weighted by Crippen LogP contribution is 2.26. The summed E-state index contributed by atoms with van der Waals surface area (Å²) in [5.41, 5.74) is 6.76. The van der Waals surface area contributed by atoms with Crippen LogP contribution in [0.15, 0.2) is 18.2 Å². The smallest absolute Gasteiger partial charge is 0.222 e. The summed E-state index contributed by atoms with van der Waals surface area (Å²) in [4.78, 5) is 14.0. The third-order valence-corrected chi connectivity index (χ3v) is 3.76. The van der Waals surface area contributed by atoms with E-state index in [9.17, 15) is 9.90 Å². The number of hydrogen-bond donors (Lipinski definition) is 2. The quantitative estimate of drug-likeness (QED) is 0.870. The van der Waals surface area contributed by atoms with Crippen LogP contribution in [-0.2, 0) is 11.2 Å². The van der Waals surface area contributed by atoms with E-state index < -0.39 is 0 Å². The number of aryl methyl sites for hydroxylation is 1. The van der Waals surface area contributed by atoms with Gasteiger partial charge in [-0.1, -0.05) is 6.07 Å². The maximum absolute atomic E-state index is 12.1. The van der Waals surface area contributed by atoms with Gasteiger partial charge in [0.25, 0.3) is 0 Å². The minimum absolute atomic E-state index is 0.112. The van der Waals surface area contributed by atoms with Crippen molar-refractivity contribution in [3.8, 4) is 11.5 Å². The predicted octanol–water partition coefficient (Wildman–Crippen LogP) is 1.28. The zero-order valence-electron chi connectivity index (χ0n) is 11.8. The van der Waals surface area contributed by atoms with Gasteiger partial charge in [-0.15, -0.1) is 0 Å². The summed E-state index contributed by atoms with van der Waals surface area (Å²) in [7, 11) is 1.51. The molecule has 2 rings (SSSR count). The molecule has 110 valence electrons. The first-order valence-corrected chi connectivity index (χ1v) is 6.99. The van der Waals surface area contributed by atoms with Crippen molar-refractivity contribution in [3.05, 3.63) is 23.8 Å². The number of carbonyl (C=O) groups excluding carboxylic acids is 1. The summed E-state index contributed by atoms with van der Waals surface area (Å²) in [5.74, 6) is 0.721. The van der Waals surface area contributed by atoms with Crippen molar-refractivity contribution in [3.63, 3.8) is 0 Å². The molecule has 1 aliphatic rings. The summed E-state index contributed by atoms with van der Waals surface area (Å²) < 4.78 is 4.99. The van der Waals surface area contributed by atoms with Crippen molar-refractivity contribution in [2.75, 3.05) is 20.2 Å². The van der Waals surface area contributed by atoms with E-state index in [1.165, 1.54) is 7.11 Å². The molecule has 0 bridgehead atoms. The van der Waals surface area contributed by atoms with Gasteiger partial charge in [-0.25, -0.2) is 0 Å². The topological polar surface area (TPSA) is 75.8 Å². The minimum Gasteiger partial charge on any atom is -0.504 e. The first-order valence-electron chi connectivity index (χ1n) is 6.99. The Labute approximate surface area is 119 Å². The van der Waals surface area contributed by atoms with Gasteiger partial charge in [0.05, 0.1) is 7.11 Å². The number of amides is 1. The van der Waals surface area contributed by atoms with E-state index in [4.69, 9.17) is 10.5 Å². The lowest BCUT2D eigenvalue weighted by Gasteiger charge is -2.30. The van der Waals surface area contributed by atoms with Crippen molar-refractivity contribution in [1.82, 2.24) is 4.90 Å². The number of carbonyl (C=O) groups is 1. The Hall–Kier alpha value is -1.75. The van der Waals surface area contributed by atoms with Crippen LogP contribution in [0.1, 0.15) is 24.8 Å². The van der Waals surface area contributed by atoms with Gasteiger partial charge in [-0.2, -0.15) is 0 Å². The van der Waals surface area contributed by atoms with Crippen molar-refractivity contribution in [1.29, 1.82) is 0 Å². The Bertz CT molecular complexity index is 468. The summed E-state index contributed by atoms with van der Waals surface area (Å²) in [6.45, 7) is 1.52. The van der Waals surface area contributed by atoms with Gasteiger partial charge in [0.1, 0.15) is 0 Å². The summed E-state index contributed by atoms with van der Waals surface area (Å²) in [6, 6.07) is 5.48. The van der Waals surface area contributed by atoms with Crippen molar-refractivity contribution in [2.24, 2.45) is 5.73 Å². The second-order valence-electron chi connectivity index (χ2n) is 5.22. The van der Waals surface area contributed by atoms with Crippen LogP contribution >= 0.6 is 0 Å². The van der Waals surface area contributed by atoms with Crippen molar-refractivity contribution in [2.45, 2.75) is 31.7 Å². The Morgan fingerprint density at radius 3 is 2.75 bits per heavy atom. The van der Waals surface area contributed by atoms with Crippen molar-refractivity contribution >= 4 is 5.91 Å². The summed E-state index contributed by atoms with van der Waals surface area (Å²) in [5, 5.41) is 9.70. The Morgan fingerprint density at radius 2 is 2.15 bits per heavy atom. The number of likely N-dealkylation sites (tertiary alicyclic amines) is 1. The van der Waals surface area contributed by atoms with E-state index in [0.717, 1.165) is 31.5 Å². The SMILES string of the molecule is COc1ccc(CCC(=O)N2CCC(N)CC2)cc1O. The standard InChI is InChI=1S/C15H22N2O3/c1-20-14-4-2-11(10-13(14)18)3-5-15(19)17-8-6-12(16)7-9-17/h2,4,10,12,18H,3,5-9,16H2,1H3. The van der Waals surface area contributed by atoms with Gasteiger partial charge in [0, 0.05) is 25.6 Å². The van der Waals surface area contributed by atoms with Crippen LogP contribution in [-0.4, -0.2) is 42.2 Å². The van der Waals surface area contributed by atoms with Gasteiger partial charge >= 0.3 is 0 Å². The van der Waals surface area contributed by atoms with Crippen LogP contribution in [0.2, 0.25) is 0 Å². The molecular formula is C15H22N2O3. The average molecular weight is 278 g/mol. The normalized spacial score (nSPS) is 16.2. The number of phenolic OH excluding ortho intramolecular Hbond substituents is 1. The molecule has 0 saturated carbocycles. The molecule has 1 aromatic carbocycles. The number of nitrogens with two attached hydrogens (primary N) is 1. The summed E-state index contributed by atoms with van der Waals surface area (Å²) in [6.07, 6.45) is 2.85. The predicted molar refractivity (Wildman–Crippen MR) is 76.8 cm³/mol. The maximum Gasteiger partial charge on any atom is 0.222 e. The number of piperidine rings is 1. The lowest BCUT2D eigenvalue weighted by Crippen LogP contribution is -2.42. The highest BCUT2D eigenvalue weighted by atomic mass is 16.5. The number of nitrogens with zero attached hydrogens (tertiary/aromatic N) is 1. The first-order chi connectivity index (χ1) is 9.60. The minimum atomic E-state index is 0.112. The fourth-order valence-corrected chi connectivity index (χ4v) is 2.45. The number of ether oxygens (including phenoxy) is 1. The molecule has 1 aliphatic heterocycles. The van der Waals surface area contributed by atoms with E-state index in [-0.39, 0.29) is 17.7 Å². The molecule has 1 fully saturated rings. The number of rotatable bonds is 4. The molecule has 0 radical (unpaired) electrons. The Morgan fingerprint density at radius 1 is 1.45 bits per heavy atom. The molecule has 1 amide bonds. The fourth-order valence-electron chi connectivity index (χ4n) is 2.45. The zero-order valence-corrected chi connectivity index (χ0v) is 11.8. The molecule has 0 spiro atoms. The van der Waals surface area contributed by atoms with Gasteiger partial charge in [0.15, 0.2) is 11.5 Å². The average Bonchev–Trinajstić information content (AvgIpc) is 2.45. The largest absolute Gasteiger partial charge is 0.504 e. The number of methoxy groups -OCH3 is 1. The maximum atomic E-state index is 12.1. The third kappa shape index (κ3) is 3.63. The number of phenols is 1. The zero-order chi connectivity index (χ0) is 14.5. The lowest BCUT2D eigenvalue weighted by molar-refractivity contribution is -0.132. The van der Waals surface area contributed by atoms with E-state index in [1.54, 1.807) is 12.1 Å². The second-order valence-corrected chi connectivity index (χ2v) is 5.22. The molecule has 5 nitrogen and oxygen atoms in total. The molecule has 1 saturated heterocycles. The molecule has 0 aromatic heterocycles. The third-order valence-electron chi connectivity index (χ3n) is 3.76. The van der Waals surface area contributed by atoms with Crippen LogP contribution in [0.4, 0.5) is 0 Å². The van der Waals surface area contributed by atoms with Crippen LogP contribution in [0.25, 0.3) is 0 Å². The number of aromatic hydroxyl groups is 1. The number of hydrogen-bond acceptors (Lipinski definition) is 4. The second kappa shape index (κ2) is 6.61. The van der Waals surface area contributed by atoms with Gasteiger partial charge in [-0.05, 0) is 37.0 Å². The molecule has 0 atom stereocenters. The van der Waals surface area contributed by atoms with E-state index in [2.05, 4.69) is 0 Å². The molecule has 3 N–H and O–H groups in total. The van der Waals surface area contributed by atoms with Gasteiger partial charge in [0.2, 0.25) is 5.91 Å². The van der Waals surface area contributed by atoms with E-state index >= 15 is 0 Å². The molecule has 1 aromatic rings. The Kier molecular flexibility index (Phi) is 4.84. The molecule has 0 aliphatic carbocycles. The van der Waals surface area contributed by atoms with E-state index in [0.29, 0.717) is 18.6 Å². The fraction of sp³-hybridized carbons (Fsp3) is 0.533. The van der Waals surface area contributed by atoms with E-state index in [1.807, 2.05) is 11.0 Å².